The molecule has 11 heteroatoms. The lowest BCUT2D eigenvalue weighted by Crippen LogP contribution is -2.17. The van der Waals surface area contributed by atoms with Gasteiger partial charge in [0.1, 0.15) is 11.6 Å². The van der Waals surface area contributed by atoms with Crippen LogP contribution in [0.2, 0.25) is 10.0 Å². The Balaban J connectivity index is 1.55. The summed E-state index contributed by atoms with van der Waals surface area (Å²) in [5, 5.41) is 15.0. The summed E-state index contributed by atoms with van der Waals surface area (Å²) in [7, 11) is 3.28. The van der Waals surface area contributed by atoms with Gasteiger partial charge in [0.05, 0.1) is 35.0 Å². The number of nitrogens with zero attached hydrogens (tertiary/aromatic N) is 3. The van der Waals surface area contributed by atoms with Crippen LogP contribution in [0, 0.1) is 0 Å². The molecule has 0 spiro atoms. The van der Waals surface area contributed by atoms with Crippen molar-refractivity contribution in [3.05, 3.63) is 58.3 Å². The zero-order chi connectivity index (χ0) is 22.4. The summed E-state index contributed by atoms with van der Waals surface area (Å²) in [5.41, 5.74) is 1.12. The fraction of sp³-hybridized carbons (Fsp3) is 0.200. The fourth-order valence-corrected chi connectivity index (χ4v) is 3.64. The predicted octanol–water partition coefficient (Wildman–Crippen LogP) is 4.04. The van der Waals surface area contributed by atoms with E-state index in [0.29, 0.717) is 38.2 Å². The summed E-state index contributed by atoms with van der Waals surface area (Å²) in [5.74, 6) is 0.660. The number of hydrogen-bond donors (Lipinski definition) is 2. The average Bonchev–Trinajstić information content (AvgIpc) is 3.09. The lowest BCUT2D eigenvalue weighted by Gasteiger charge is -2.09. The lowest BCUT2D eigenvalue weighted by atomic mass is 10.2. The Bertz CT molecular complexity index is 1110. The molecule has 31 heavy (non-hydrogen) atoms. The number of methoxy groups -OCH3 is 1. The number of thioether (sulfide) groups is 1. The van der Waals surface area contributed by atoms with E-state index in [1.807, 2.05) is 6.07 Å². The summed E-state index contributed by atoms with van der Waals surface area (Å²) in [6.07, 6.45) is 0.0254. The van der Waals surface area contributed by atoms with Gasteiger partial charge >= 0.3 is 0 Å². The maximum atomic E-state index is 12.4. The van der Waals surface area contributed by atoms with Crippen molar-refractivity contribution in [2.75, 3.05) is 23.5 Å². The highest BCUT2D eigenvalue weighted by molar-refractivity contribution is 7.99. The molecule has 1 aromatic heterocycles. The van der Waals surface area contributed by atoms with Crippen molar-refractivity contribution in [1.82, 2.24) is 14.8 Å². The number of amides is 2. The number of para-hydroxylation sites is 2. The molecular formula is C20H19Cl2N5O3S. The van der Waals surface area contributed by atoms with Gasteiger partial charge in [-0.05, 0) is 30.3 Å². The highest BCUT2D eigenvalue weighted by Crippen LogP contribution is 2.26. The van der Waals surface area contributed by atoms with Crippen molar-refractivity contribution in [3.63, 3.8) is 0 Å². The Morgan fingerprint density at radius 3 is 2.58 bits per heavy atom. The fourth-order valence-electron chi connectivity index (χ4n) is 2.61. The van der Waals surface area contributed by atoms with Crippen LogP contribution >= 0.6 is 35.0 Å². The molecule has 8 nitrogen and oxygen atoms in total. The van der Waals surface area contributed by atoms with Crippen molar-refractivity contribution >= 4 is 58.2 Å². The van der Waals surface area contributed by atoms with Crippen molar-refractivity contribution in [2.45, 2.75) is 11.6 Å². The maximum Gasteiger partial charge on any atom is 0.234 e. The van der Waals surface area contributed by atoms with Crippen LogP contribution in [0.5, 0.6) is 5.75 Å². The van der Waals surface area contributed by atoms with Gasteiger partial charge in [0.2, 0.25) is 11.8 Å². The number of halogens is 2. The van der Waals surface area contributed by atoms with Crippen LogP contribution in [0.3, 0.4) is 0 Å². The van der Waals surface area contributed by atoms with Gasteiger partial charge in [0, 0.05) is 12.7 Å². The summed E-state index contributed by atoms with van der Waals surface area (Å²) in [4.78, 5) is 24.6. The van der Waals surface area contributed by atoms with Crippen LogP contribution in [0.25, 0.3) is 0 Å². The molecule has 0 radical (unpaired) electrons. The molecule has 2 aromatic carbocycles. The molecule has 0 aliphatic rings. The van der Waals surface area contributed by atoms with E-state index in [0.717, 1.165) is 0 Å². The second-order valence-electron chi connectivity index (χ2n) is 6.35. The van der Waals surface area contributed by atoms with E-state index >= 15 is 0 Å². The minimum Gasteiger partial charge on any atom is -0.495 e. The number of aromatic nitrogens is 3. The van der Waals surface area contributed by atoms with E-state index < -0.39 is 0 Å². The number of carbonyl (C=O) groups excluding carboxylic acids is 2. The maximum absolute atomic E-state index is 12.4. The van der Waals surface area contributed by atoms with E-state index in [1.165, 1.54) is 18.9 Å². The molecule has 0 aliphatic heterocycles. The minimum absolute atomic E-state index is 0.0254. The van der Waals surface area contributed by atoms with Crippen LogP contribution in [-0.4, -0.2) is 39.4 Å². The third-order valence-corrected chi connectivity index (χ3v) is 5.92. The van der Waals surface area contributed by atoms with Crippen LogP contribution in [0.15, 0.2) is 47.6 Å². The quantitative estimate of drug-likeness (QED) is 0.473. The molecule has 1 heterocycles. The molecule has 162 valence electrons. The molecule has 2 amide bonds. The van der Waals surface area contributed by atoms with E-state index in [4.69, 9.17) is 27.9 Å². The average molecular weight is 480 g/mol. The normalized spacial score (nSPS) is 10.6. The van der Waals surface area contributed by atoms with E-state index in [1.54, 1.807) is 48.0 Å². The Morgan fingerprint density at radius 1 is 1.06 bits per heavy atom. The second kappa shape index (κ2) is 10.5. The molecule has 0 saturated heterocycles. The molecule has 3 rings (SSSR count). The first kappa shape index (κ1) is 22.9. The molecule has 0 unspecified atom stereocenters. The smallest absolute Gasteiger partial charge is 0.234 e. The Morgan fingerprint density at radius 2 is 1.84 bits per heavy atom. The van der Waals surface area contributed by atoms with Crippen LogP contribution in [0.1, 0.15) is 5.82 Å². The highest BCUT2D eigenvalue weighted by atomic mass is 35.5. The summed E-state index contributed by atoms with van der Waals surface area (Å²) in [6, 6.07) is 12.0. The monoisotopic (exact) mass is 479 g/mol. The molecule has 0 aliphatic carbocycles. The van der Waals surface area contributed by atoms with Gasteiger partial charge < -0.3 is 19.9 Å². The van der Waals surface area contributed by atoms with Gasteiger partial charge in [-0.1, -0.05) is 47.1 Å². The standard InChI is InChI=1S/C20H19Cl2N5O3S/c1-27-17(10-18(28)24-15-5-3-4-6-16(15)30-2)25-26-20(27)31-11-19(29)23-12-7-8-13(21)14(22)9-12/h3-9H,10-11H2,1-2H3,(H,23,29)(H,24,28). The predicted molar refractivity (Wildman–Crippen MR) is 122 cm³/mol. The first-order valence-electron chi connectivity index (χ1n) is 9.06. The molecule has 0 atom stereocenters. The number of rotatable bonds is 8. The van der Waals surface area contributed by atoms with Gasteiger partial charge in [-0.3, -0.25) is 9.59 Å². The van der Waals surface area contributed by atoms with Crippen molar-refractivity contribution in [3.8, 4) is 5.75 Å². The first-order valence-corrected chi connectivity index (χ1v) is 10.8. The SMILES string of the molecule is COc1ccccc1NC(=O)Cc1nnc(SCC(=O)Nc2ccc(Cl)c(Cl)c2)n1C. The number of carbonyl (C=O) groups is 2. The number of ether oxygens (including phenoxy) is 1. The third kappa shape index (κ3) is 6.13. The zero-order valence-electron chi connectivity index (χ0n) is 16.7. The molecule has 0 saturated carbocycles. The van der Waals surface area contributed by atoms with Crippen LogP contribution < -0.4 is 15.4 Å². The number of hydrogen-bond acceptors (Lipinski definition) is 6. The summed E-state index contributed by atoms with van der Waals surface area (Å²) >= 11 is 13.0. The first-order chi connectivity index (χ1) is 14.9. The third-order valence-electron chi connectivity index (χ3n) is 4.16. The second-order valence-corrected chi connectivity index (χ2v) is 8.11. The summed E-state index contributed by atoms with van der Waals surface area (Å²) < 4.78 is 6.91. The molecular weight excluding hydrogens is 461 g/mol. The number of benzene rings is 2. The van der Waals surface area contributed by atoms with E-state index in [-0.39, 0.29) is 24.0 Å². The number of anilines is 2. The number of nitrogens with one attached hydrogen (secondary N) is 2. The minimum atomic E-state index is -0.256. The summed E-state index contributed by atoms with van der Waals surface area (Å²) in [6.45, 7) is 0. The molecule has 2 N–H and O–H groups in total. The van der Waals surface area contributed by atoms with Gasteiger partial charge in [0.25, 0.3) is 0 Å². The molecule has 0 bridgehead atoms. The highest BCUT2D eigenvalue weighted by Gasteiger charge is 2.16. The Kier molecular flexibility index (Phi) is 7.78. The zero-order valence-corrected chi connectivity index (χ0v) is 19.0. The van der Waals surface area contributed by atoms with Crippen molar-refractivity contribution in [1.29, 1.82) is 0 Å². The lowest BCUT2D eigenvalue weighted by molar-refractivity contribution is -0.116. The molecule has 0 fully saturated rings. The van der Waals surface area contributed by atoms with Gasteiger partial charge in [-0.15, -0.1) is 10.2 Å². The van der Waals surface area contributed by atoms with Crippen molar-refractivity contribution < 1.29 is 14.3 Å². The van der Waals surface area contributed by atoms with Gasteiger partial charge in [-0.2, -0.15) is 0 Å². The molecule has 3 aromatic rings. The Hall–Kier alpha value is -2.75. The van der Waals surface area contributed by atoms with E-state index in [2.05, 4.69) is 20.8 Å². The van der Waals surface area contributed by atoms with Gasteiger partial charge in [0.15, 0.2) is 5.16 Å². The van der Waals surface area contributed by atoms with Crippen LogP contribution in [0.4, 0.5) is 11.4 Å². The van der Waals surface area contributed by atoms with Crippen LogP contribution in [-0.2, 0) is 23.1 Å². The van der Waals surface area contributed by atoms with E-state index in [9.17, 15) is 9.59 Å². The topological polar surface area (TPSA) is 98.1 Å². The van der Waals surface area contributed by atoms with Crippen molar-refractivity contribution in [2.24, 2.45) is 7.05 Å². The Labute approximate surface area is 193 Å². The van der Waals surface area contributed by atoms with Gasteiger partial charge in [-0.25, -0.2) is 0 Å². The largest absolute Gasteiger partial charge is 0.495 e.